The lowest BCUT2D eigenvalue weighted by atomic mass is 10.3. The third-order valence-electron chi connectivity index (χ3n) is 2.89. The largest absolute Gasteiger partial charge is 0.372 e. The second-order valence-electron chi connectivity index (χ2n) is 4.85. The molecule has 112 valence electrons. The Morgan fingerprint density at radius 2 is 2.20 bits per heavy atom. The van der Waals surface area contributed by atoms with Crippen LogP contribution in [0.4, 0.5) is 5.69 Å². The molecule has 20 heavy (non-hydrogen) atoms. The van der Waals surface area contributed by atoms with E-state index in [4.69, 9.17) is 0 Å². The van der Waals surface area contributed by atoms with Crippen molar-refractivity contribution >= 4 is 27.5 Å². The number of rotatable bonds is 6. The summed E-state index contributed by atoms with van der Waals surface area (Å²) in [6.45, 7) is 4.41. The molecule has 0 fully saturated rings. The van der Waals surface area contributed by atoms with Crippen LogP contribution in [-0.4, -0.2) is 40.7 Å². The quantitative estimate of drug-likeness (QED) is 0.852. The van der Waals surface area contributed by atoms with Crippen molar-refractivity contribution in [1.29, 1.82) is 0 Å². The molecule has 1 amide bonds. The molecule has 6 nitrogen and oxygen atoms in total. The van der Waals surface area contributed by atoms with Gasteiger partial charge in [-0.15, -0.1) is 0 Å². The lowest BCUT2D eigenvalue weighted by Crippen LogP contribution is -2.37. The molecule has 1 unspecified atom stereocenters. The number of nitrogens with one attached hydrogen (secondary N) is 1. The van der Waals surface area contributed by atoms with E-state index in [-0.39, 0.29) is 11.5 Å². The molecule has 0 aliphatic rings. The molecule has 1 aromatic rings. The van der Waals surface area contributed by atoms with Crippen LogP contribution in [0, 0.1) is 0 Å². The van der Waals surface area contributed by atoms with Crippen molar-refractivity contribution in [2.45, 2.75) is 39.3 Å². The van der Waals surface area contributed by atoms with Crippen LogP contribution in [0.3, 0.4) is 0 Å². The van der Waals surface area contributed by atoms with Crippen molar-refractivity contribution in [3.63, 3.8) is 0 Å². The Labute approximate surface area is 127 Å². The molecule has 1 rings (SSSR count). The summed E-state index contributed by atoms with van der Waals surface area (Å²) < 4.78 is 1.83. The highest BCUT2D eigenvalue weighted by Gasteiger charge is 2.17. The van der Waals surface area contributed by atoms with Gasteiger partial charge in [-0.2, -0.15) is 5.10 Å². The maximum atomic E-state index is 12.1. The fourth-order valence-electron chi connectivity index (χ4n) is 1.72. The SMILES string of the molecule is CCCCn1ncc(NC(C)C(=O)N(C)C)c(Br)c1=O. The molecule has 0 spiro atoms. The highest BCUT2D eigenvalue weighted by molar-refractivity contribution is 9.10. The fraction of sp³-hybridized carbons (Fsp3) is 0.615. The number of likely N-dealkylation sites (N-methyl/N-ethyl adjacent to an activating group) is 1. The van der Waals surface area contributed by atoms with E-state index in [9.17, 15) is 9.59 Å². The molecule has 7 heteroatoms. The fourth-order valence-corrected chi connectivity index (χ4v) is 2.14. The summed E-state index contributed by atoms with van der Waals surface area (Å²) in [6, 6.07) is -0.422. The van der Waals surface area contributed by atoms with E-state index < -0.39 is 6.04 Å². The number of hydrogen-bond donors (Lipinski definition) is 1. The molecular weight excluding hydrogens is 324 g/mol. The van der Waals surface area contributed by atoms with Gasteiger partial charge in [-0.05, 0) is 29.3 Å². The molecule has 0 bridgehead atoms. The van der Waals surface area contributed by atoms with Gasteiger partial charge < -0.3 is 10.2 Å². The molecule has 0 aromatic carbocycles. The molecule has 0 aliphatic carbocycles. The first-order valence-corrected chi connectivity index (χ1v) is 7.41. The molecule has 1 atom stereocenters. The van der Waals surface area contributed by atoms with E-state index in [0.717, 1.165) is 12.8 Å². The normalized spacial score (nSPS) is 12.1. The number of unbranched alkanes of at least 4 members (excludes halogenated alkanes) is 1. The number of amides is 1. The van der Waals surface area contributed by atoms with Crippen LogP contribution >= 0.6 is 15.9 Å². The Kier molecular flexibility index (Phi) is 6.19. The first-order chi connectivity index (χ1) is 9.38. The zero-order chi connectivity index (χ0) is 15.3. The molecule has 1 heterocycles. The van der Waals surface area contributed by atoms with Gasteiger partial charge in [0, 0.05) is 20.6 Å². The third kappa shape index (κ3) is 4.06. The minimum absolute atomic E-state index is 0.0629. The van der Waals surface area contributed by atoms with Gasteiger partial charge in [0.25, 0.3) is 5.56 Å². The van der Waals surface area contributed by atoms with Crippen molar-refractivity contribution in [2.75, 3.05) is 19.4 Å². The number of anilines is 1. The van der Waals surface area contributed by atoms with E-state index in [1.807, 2.05) is 0 Å². The third-order valence-corrected chi connectivity index (χ3v) is 3.66. The van der Waals surface area contributed by atoms with E-state index in [1.165, 1.54) is 9.58 Å². The zero-order valence-corrected chi connectivity index (χ0v) is 13.9. The maximum absolute atomic E-state index is 12.1. The molecule has 0 radical (unpaired) electrons. The topological polar surface area (TPSA) is 67.2 Å². The van der Waals surface area contributed by atoms with Crippen LogP contribution in [0.2, 0.25) is 0 Å². The Balaban J connectivity index is 2.90. The van der Waals surface area contributed by atoms with Gasteiger partial charge in [-0.1, -0.05) is 13.3 Å². The summed E-state index contributed by atoms with van der Waals surface area (Å²) in [5.74, 6) is -0.0629. The standard InChI is InChI=1S/C13H21BrN4O2/c1-5-6-7-18-13(20)11(14)10(8-15-18)16-9(2)12(19)17(3)4/h8-9,16H,5-7H2,1-4H3. The van der Waals surface area contributed by atoms with Gasteiger partial charge in [-0.25, -0.2) is 4.68 Å². The van der Waals surface area contributed by atoms with E-state index in [2.05, 4.69) is 33.3 Å². The molecule has 0 saturated carbocycles. The summed E-state index contributed by atoms with van der Waals surface area (Å²) in [4.78, 5) is 25.4. The lowest BCUT2D eigenvalue weighted by Gasteiger charge is -2.19. The van der Waals surface area contributed by atoms with Gasteiger partial charge in [0.05, 0.1) is 11.9 Å². The van der Waals surface area contributed by atoms with Gasteiger partial charge in [0.15, 0.2) is 0 Å². The Hall–Kier alpha value is -1.37. The second kappa shape index (κ2) is 7.42. The lowest BCUT2D eigenvalue weighted by molar-refractivity contribution is -0.129. The van der Waals surface area contributed by atoms with Crippen LogP contribution in [0.25, 0.3) is 0 Å². The first kappa shape index (κ1) is 16.7. The van der Waals surface area contributed by atoms with Crippen molar-refractivity contribution < 1.29 is 4.79 Å². The number of hydrogen-bond acceptors (Lipinski definition) is 4. The number of aryl methyl sites for hydroxylation is 1. The summed E-state index contributed by atoms with van der Waals surface area (Å²) in [7, 11) is 3.38. The molecule has 1 aromatic heterocycles. The minimum Gasteiger partial charge on any atom is -0.372 e. The van der Waals surface area contributed by atoms with Crippen LogP contribution in [0.1, 0.15) is 26.7 Å². The highest BCUT2D eigenvalue weighted by Crippen LogP contribution is 2.17. The minimum atomic E-state index is -0.422. The zero-order valence-electron chi connectivity index (χ0n) is 12.3. The molecular formula is C13H21BrN4O2. The summed E-state index contributed by atoms with van der Waals surface area (Å²) >= 11 is 3.28. The molecule has 1 N–H and O–H groups in total. The summed E-state index contributed by atoms with van der Waals surface area (Å²) in [5.41, 5.74) is 0.346. The van der Waals surface area contributed by atoms with E-state index >= 15 is 0 Å². The first-order valence-electron chi connectivity index (χ1n) is 6.61. The second-order valence-corrected chi connectivity index (χ2v) is 5.65. The average molecular weight is 345 g/mol. The summed E-state index contributed by atoms with van der Waals surface area (Å²) in [6.07, 6.45) is 3.47. The Morgan fingerprint density at radius 3 is 2.75 bits per heavy atom. The van der Waals surface area contributed by atoms with Crippen molar-refractivity contribution in [3.8, 4) is 0 Å². The van der Waals surface area contributed by atoms with Crippen molar-refractivity contribution in [1.82, 2.24) is 14.7 Å². The predicted octanol–water partition coefficient (Wildman–Crippen LogP) is 1.69. The number of halogens is 1. The number of carbonyl (C=O) groups is 1. The average Bonchev–Trinajstić information content (AvgIpc) is 2.42. The van der Waals surface area contributed by atoms with Gasteiger partial charge in [0.1, 0.15) is 10.5 Å². The van der Waals surface area contributed by atoms with E-state index in [0.29, 0.717) is 16.7 Å². The monoisotopic (exact) mass is 344 g/mol. The van der Waals surface area contributed by atoms with Gasteiger partial charge in [0.2, 0.25) is 5.91 Å². The van der Waals surface area contributed by atoms with Crippen molar-refractivity contribution in [3.05, 3.63) is 21.0 Å². The van der Waals surface area contributed by atoms with Crippen LogP contribution in [0.5, 0.6) is 0 Å². The maximum Gasteiger partial charge on any atom is 0.283 e. The van der Waals surface area contributed by atoms with Crippen LogP contribution in [0.15, 0.2) is 15.5 Å². The molecule has 0 saturated heterocycles. The van der Waals surface area contributed by atoms with E-state index in [1.54, 1.807) is 27.2 Å². The number of aromatic nitrogens is 2. The number of carbonyl (C=O) groups excluding carboxylic acids is 1. The van der Waals surface area contributed by atoms with Gasteiger partial charge in [-0.3, -0.25) is 9.59 Å². The Morgan fingerprint density at radius 1 is 1.55 bits per heavy atom. The van der Waals surface area contributed by atoms with Crippen molar-refractivity contribution in [2.24, 2.45) is 0 Å². The van der Waals surface area contributed by atoms with Crippen LogP contribution in [-0.2, 0) is 11.3 Å². The summed E-state index contributed by atoms with van der Waals surface area (Å²) in [5, 5.41) is 7.12. The smallest absolute Gasteiger partial charge is 0.283 e. The predicted molar refractivity (Wildman–Crippen MR) is 82.9 cm³/mol. The number of nitrogens with zero attached hydrogens (tertiary/aromatic N) is 3. The Bertz CT molecular complexity index is 528. The highest BCUT2D eigenvalue weighted by atomic mass is 79.9. The molecule has 0 aliphatic heterocycles. The van der Waals surface area contributed by atoms with Crippen LogP contribution < -0.4 is 10.9 Å². The van der Waals surface area contributed by atoms with Gasteiger partial charge >= 0.3 is 0 Å².